The Labute approximate surface area is 86.1 Å². The highest BCUT2D eigenvalue weighted by Gasteiger charge is 2.39. The number of hydrazine groups is 1. The zero-order valence-corrected chi connectivity index (χ0v) is 8.67. The lowest BCUT2D eigenvalue weighted by molar-refractivity contribution is -0.137. The minimum absolute atomic E-state index is 0.0136. The number of rotatable bonds is 3. The zero-order chi connectivity index (χ0) is 11.6. The molecule has 0 aliphatic carbocycles. The molecule has 0 spiro atoms. The minimum atomic E-state index is -3.99. The highest BCUT2D eigenvalue weighted by molar-refractivity contribution is 7.88. The van der Waals surface area contributed by atoms with Crippen LogP contribution in [0.5, 0.6) is 0 Å². The lowest BCUT2D eigenvalue weighted by atomic mass is 10.1. The molecule has 1 rings (SSSR count). The third-order valence-corrected chi connectivity index (χ3v) is 2.58. The van der Waals surface area contributed by atoms with Crippen molar-refractivity contribution < 1.29 is 18.0 Å². The number of amides is 3. The molecule has 1 aliphatic rings. The molecule has 9 nitrogen and oxygen atoms in total. The Morgan fingerprint density at radius 2 is 2.20 bits per heavy atom. The van der Waals surface area contributed by atoms with Crippen molar-refractivity contribution in [2.45, 2.75) is 6.04 Å². The summed E-state index contributed by atoms with van der Waals surface area (Å²) in [7, 11) is -2.67. The molecule has 15 heavy (non-hydrogen) atoms. The van der Waals surface area contributed by atoms with Crippen LogP contribution in [0.25, 0.3) is 0 Å². The molecule has 1 saturated heterocycles. The molecule has 1 fully saturated rings. The first kappa shape index (κ1) is 11.8. The van der Waals surface area contributed by atoms with Gasteiger partial charge in [-0.25, -0.2) is 14.9 Å². The van der Waals surface area contributed by atoms with Gasteiger partial charge in [0.25, 0.3) is 0 Å². The maximum Gasteiger partial charge on any atom is 0.338 e. The molecule has 0 radical (unpaired) electrons. The van der Waals surface area contributed by atoms with Crippen LogP contribution in [-0.2, 0) is 15.0 Å². The van der Waals surface area contributed by atoms with Crippen molar-refractivity contribution in [1.29, 1.82) is 0 Å². The molecule has 1 unspecified atom stereocenters. The number of carbonyl (C=O) groups is 2. The van der Waals surface area contributed by atoms with E-state index in [0.717, 1.165) is 0 Å². The van der Waals surface area contributed by atoms with Crippen molar-refractivity contribution >= 4 is 22.1 Å². The van der Waals surface area contributed by atoms with Crippen LogP contribution in [0.2, 0.25) is 0 Å². The lowest BCUT2D eigenvalue weighted by Crippen LogP contribution is -2.66. The first-order valence-corrected chi connectivity index (χ1v) is 5.43. The van der Waals surface area contributed by atoms with Gasteiger partial charge in [0.1, 0.15) is 6.04 Å². The van der Waals surface area contributed by atoms with Crippen molar-refractivity contribution in [2.24, 2.45) is 5.73 Å². The van der Waals surface area contributed by atoms with E-state index in [0.29, 0.717) is 4.90 Å². The van der Waals surface area contributed by atoms with Crippen LogP contribution < -0.4 is 20.7 Å². The predicted octanol–water partition coefficient (Wildman–Crippen LogP) is -3.17. The van der Waals surface area contributed by atoms with Gasteiger partial charge in [0.05, 0.1) is 6.54 Å². The largest absolute Gasteiger partial charge is 0.338 e. The number of likely N-dealkylation sites (tertiary alicyclic amines) is 1. The van der Waals surface area contributed by atoms with Gasteiger partial charge in [-0.3, -0.25) is 9.69 Å². The van der Waals surface area contributed by atoms with Gasteiger partial charge in [-0.2, -0.15) is 8.42 Å². The monoisotopic (exact) mass is 237 g/mol. The molecule has 10 heteroatoms. The van der Waals surface area contributed by atoms with Crippen LogP contribution >= 0.6 is 0 Å². The first-order valence-electron chi connectivity index (χ1n) is 3.94. The van der Waals surface area contributed by atoms with Gasteiger partial charge in [-0.05, 0) is 7.05 Å². The minimum Gasteiger partial charge on any atom is -0.318 e. The first-order chi connectivity index (χ1) is 6.87. The Morgan fingerprint density at radius 1 is 1.60 bits per heavy atom. The van der Waals surface area contributed by atoms with Gasteiger partial charge in [-0.1, -0.05) is 0 Å². The quantitative estimate of drug-likeness (QED) is 0.302. The highest BCUT2D eigenvalue weighted by Crippen LogP contribution is 2.07. The van der Waals surface area contributed by atoms with Gasteiger partial charge in [-0.15, -0.1) is 4.83 Å². The fraction of sp³-hybridized carbons (Fsp3) is 0.600. The topological polar surface area (TPSA) is 134 Å². The van der Waals surface area contributed by atoms with Crippen molar-refractivity contribution in [3.63, 3.8) is 0 Å². The van der Waals surface area contributed by atoms with Crippen molar-refractivity contribution in [1.82, 2.24) is 19.9 Å². The van der Waals surface area contributed by atoms with Crippen molar-refractivity contribution in [3.05, 3.63) is 0 Å². The second-order valence-corrected chi connectivity index (χ2v) is 4.23. The molecule has 5 N–H and O–H groups in total. The average Bonchev–Trinajstić information content (AvgIpc) is 2.12. The van der Waals surface area contributed by atoms with Crippen LogP contribution in [0, 0.1) is 0 Å². The molecule has 1 heterocycles. The number of nitrogens with two attached hydrogens (primary N) is 1. The smallest absolute Gasteiger partial charge is 0.318 e. The fourth-order valence-corrected chi connectivity index (χ4v) is 1.63. The van der Waals surface area contributed by atoms with E-state index in [9.17, 15) is 18.0 Å². The van der Waals surface area contributed by atoms with Crippen LogP contribution in [0.4, 0.5) is 4.79 Å². The van der Waals surface area contributed by atoms with Crippen LogP contribution in [0.3, 0.4) is 0 Å². The fourth-order valence-electron chi connectivity index (χ4n) is 0.965. The Bertz CT molecular complexity index is 379. The highest BCUT2D eigenvalue weighted by atomic mass is 32.2. The van der Waals surface area contributed by atoms with E-state index in [2.05, 4.69) is 5.43 Å². The summed E-state index contributed by atoms with van der Waals surface area (Å²) in [6.07, 6.45) is 0. The number of hydrogen-bond donors (Lipinski definition) is 4. The molecule has 1 aliphatic heterocycles. The molecule has 3 amide bonds. The van der Waals surface area contributed by atoms with Gasteiger partial charge in [0.2, 0.25) is 5.91 Å². The van der Waals surface area contributed by atoms with Crippen LogP contribution in [-0.4, -0.2) is 44.9 Å². The molecule has 1 atom stereocenters. The molecule has 0 saturated carbocycles. The maximum absolute atomic E-state index is 11.2. The number of urea groups is 1. The van der Waals surface area contributed by atoms with E-state index in [1.54, 1.807) is 9.55 Å². The van der Waals surface area contributed by atoms with E-state index in [-0.39, 0.29) is 6.54 Å². The number of nitrogens with zero attached hydrogens (tertiary/aromatic N) is 1. The summed E-state index contributed by atoms with van der Waals surface area (Å²) in [5.74, 6) is -0.604. The average molecular weight is 237 g/mol. The van der Waals surface area contributed by atoms with Gasteiger partial charge in [0, 0.05) is 0 Å². The number of carbonyl (C=O) groups excluding carboxylic acids is 2. The third-order valence-electron chi connectivity index (χ3n) is 1.67. The summed E-state index contributed by atoms with van der Waals surface area (Å²) in [6, 6.07) is -1.75. The van der Waals surface area contributed by atoms with Gasteiger partial charge in [0.15, 0.2) is 0 Å². The van der Waals surface area contributed by atoms with E-state index >= 15 is 0 Å². The summed E-state index contributed by atoms with van der Waals surface area (Å²) >= 11 is 0. The lowest BCUT2D eigenvalue weighted by Gasteiger charge is -2.33. The van der Waals surface area contributed by atoms with Crippen molar-refractivity contribution in [2.75, 3.05) is 13.6 Å². The molecular weight excluding hydrogens is 226 g/mol. The van der Waals surface area contributed by atoms with Gasteiger partial charge < -0.3 is 5.73 Å². The number of β-lactam (4-membered cyclic amide) rings is 1. The summed E-state index contributed by atoms with van der Waals surface area (Å²) in [5.41, 5.74) is 7.35. The van der Waals surface area contributed by atoms with E-state index < -0.39 is 28.2 Å². The molecule has 0 aromatic carbocycles. The molecule has 0 aromatic rings. The number of imide groups is 1. The van der Waals surface area contributed by atoms with Crippen molar-refractivity contribution in [3.8, 4) is 0 Å². The molecular formula is C5H11N5O4S. The molecule has 86 valence electrons. The van der Waals surface area contributed by atoms with E-state index in [1.807, 2.05) is 0 Å². The molecule has 0 aromatic heterocycles. The second-order valence-electron chi connectivity index (χ2n) is 2.82. The Kier molecular flexibility index (Phi) is 3.24. The maximum atomic E-state index is 11.2. The molecule has 0 bridgehead atoms. The van der Waals surface area contributed by atoms with Crippen LogP contribution in [0.1, 0.15) is 0 Å². The summed E-state index contributed by atoms with van der Waals surface area (Å²) in [4.78, 5) is 24.6. The van der Waals surface area contributed by atoms with Crippen LogP contribution in [0.15, 0.2) is 0 Å². The third kappa shape index (κ3) is 2.62. The second kappa shape index (κ2) is 4.10. The van der Waals surface area contributed by atoms with Gasteiger partial charge >= 0.3 is 16.2 Å². The SMILES string of the molecule is CNNS(=O)(=O)NC(=O)N1CC(N)C1=O. The number of nitrogens with one attached hydrogen (secondary N) is 3. The number of hydrogen-bond acceptors (Lipinski definition) is 6. The Morgan fingerprint density at radius 3 is 2.60 bits per heavy atom. The predicted molar refractivity (Wildman–Crippen MR) is 49.3 cm³/mol. The summed E-state index contributed by atoms with van der Waals surface area (Å²) in [6.45, 7) is 0.0136. The van der Waals surface area contributed by atoms with E-state index in [1.165, 1.54) is 7.05 Å². The standard InChI is InChI=1S/C5H11N5O4S/c1-7-9-15(13,14)8-5(12)10-2-3(6)4(10)11/h3,7,9H,2,6H2,1H3,(H,8,12). The summed E-state index contributed by atoms with van der Waals surface area (Å²) < 4.78 is 23.6. The normalized spacial score (nSPS) is 21.1. The Balaban J connectivity index is 2.54. The zero-order valence-electron chi connectivity index (χ0n) is 7.85. The Hall–Kier alpha value is -1.23. The van der Waals surface area contributed by atoms with E-state index in [4.69, 9.17) is 5.73 Å². The summed E-state index contributed by atoms with van der Waals surface area (Å²) in [5, 5.41) is 0.